The molecule has 1 rings (SSSR count). The third-order valence-corrected chi connectivity index (χ3v) is 8.32. The van der Waals surface area contributed by atoms with Gasteiger partial charge in [-0.2, -0.15) is 0 Å². The quantitative estimate of drug-likeness (QED) is 0.143. The molecule has 6 N–H and O–H groups in total. The van der Waals surface area contributed by atoms with Gasteiger partial charge in [-0.25, -0.2) is 13.1 Å². The minimum atomic E-state index is -3.53. The summed E-state index contributed by atoms with van der Waals surface area (Å²) < 4.78 is 27.6. The van der Waals surface area contributed by atoms with Crippen molar-refractivity contribution in [2.75, 3.05) is 57.7 Å². The van der Waals surface area contributed by atoms with Gasteiger partial charge >= 0.3 is 0 Å². The highest BCUT2D eigenvalue weighted by Crippen LogP contribution is 2.14. The SMILES string of the molecule is CC(=O)C(C)(C)NCCN(CCNc1ccc(S(=O)(=O)NCCCCCN)cc1)CCNC(C)(C)C(C)=O. The number of hydrogen-bond donors (Lipinski definition) is 5. The fraction of sp³-hybridized carbons (Fsp3) is 0.704. The Kier molecular flexibility index (Phi) is 14.6. The largest absolute Gasteiger partial charge is 0.384 e. The molecule has 0 saturated carbocycles. The van der Waals surface area contributed by atoms with Crippen molar-refractivity contribution in [1.29, 1.82) is 0 Å². The highest BCUT2D eigenvalue weighted by atomic mass is 32.2. The zero-order chi connectivity index (χ0) is 28.8. The average molecular weight is 555 g/mol. The lowest BCUT2D eigenvalue weighted by atomic mass is 10.0. The fourth-order valence-electron chi connectivity index (χ4n) is 3.48. The van der Waals surface area contributed by atoms with Crippen LogP contribution in [0.1, 0.15) is 60.8 Å². The molecular formula is C27H50N6O4S. The van der Waals surface area contributed by atoms with Crippen molar-refractivity contribution in [1.82, 2.24) is 20.3 Å². The summed E-state index contributed by atoms with van der Waals surface area (Å²) in [5.74, 6) is 0.172. The summed E-state index contributed by atoms with van der Waals surface area (Å²) in [6.45, 7) is 15.8. The van der Waals surface area contributed by atoms with Crippen LogP contribution in [0.4, 0.5) is 5.69 Å². The molecule has 0 heterocycles. The molecule has 0 atom stereocenters. The molecule has 218 valence electrons. The van der Waals surface area contributed by atoms with E-state index in [4.69, 9.17) is 5.73 Å². The number of nitrogens with one attached hydrogen (secondary N) is 4. The summed E-state index contributed by atoms with van der Waals surface area (Å²) in [6, 6.07) is 6.73. The van der Waals surface area contributed by atoms with Gasteiger partial charge in [-0.15, -0.1) is 0 Å². The Morgan fingerprint density at radius 3 is 1.76 bits per heavy atom. The Labute approximate surface area is 229 Å². The summed E-state index contributed by atoms with van der Waals surface area (Å²) in [5.41, 5.74) is 5.14. The zero-order valence-corrected chi connectivity index (χ0v) is 25.0. The monoisotopic (exact) mass is 554 g/mol. The third kappa shape index (κ3) is 12.8. The topological polar surface area (TPSA) is 146 Å². The summed E-state index contributed by atoms with van der Waals surface area (Å²) in [5, 5.41) is 9.98. The summed E-state index contributed by atoms with van der Waals surface area (Å²) in [7, 11) is -3.53. The number of hydrogen-bond acceptors (Lipinski definition) is 9. The fourth-order valence-corrected chi connectivity index (χ4v) is 4.56. The first-order valence-corrected chi connectivity index (χ1v) is 15.0. The predicted molar refractivity (Wildman–Crippen MR) is 155 cm³/mol. The van der Waals surface area contributed by atoms with Crippen molar-refractivity contribution in [3.05, 3.63) is 24.3 Å². The molecule has 0 fully saturated rings. The molecule has 1 aromatic rings. The van der Waals surface area contributed by atoms with Gasteiger partial charge in [-0.1, -0.05) is 6.42 Å². The molecular weight excluding hydrogens is 504 g/mol. The van der Waals surface area contributed by atoms with Gasteiger partial charge in [0, 0.05) is 51.5 Å². The van der Waals surface area contributed by atoms with Crippen LogP contribution in [0.3, 0.4) is 0 Å². The van der Waals surface area contributed by atoms with E-state index in [0.29, 0.717) is 32.7 Å². The highest BCUT2D eigenvalue weighted by molar-refractivity contribution is 7.89. The molecule has 0 bridgehead atoms. The van der Waals surface area contributed by atoms with Crippen LogP contribution in [0.2, 0.25) is 0 Å². The van der Waals surface area contributed by atoms with Crippen LogP contribution < -0.4 is 26.4 Å². The van der Waals surface area contributed by atoms with Crippen molar-refractivity contribution >= 4 is 27.3 Å². The maximum atomic E-state index is 12.5. The number of carbonyl (C=O) groups is 2. The van der Waals surface area contributed by atoms with Crippen LogP contribution in [0.15, 0.2) is 29.2 Å². The maximum absolute atomic E-state index is 12.5. The van der Waals surface area contributed by atoms with Crippen molar-refractivity contribution < 1.29 is 18.0 Å². The molecule has 0 radical (unpaired) electrons. The Bertz CT molecular complexity index is 932. The highest BCUT2D eigenvalue weighted by Gasteiger charge is 2.24. The number of nitrogens with two attached hydrogens (primary N) is 1. The van der Waals surface area contributed by atoms with E-state index in [9.17, 15) is 18.0 Å². The van der Waals surface area contributed by atoms with Crippen LogP contribution >= 0.6 is 0 Å². The number of rotatable bonds is 21. The summed E-state index contributed by atoms with van der Waals surface area (Å²) in [6.07, 6.45) is 2.55. The Hall–Kier alpha value is -1.89. The molecule has 11 heteroatoms. The molecule has 0 unspecified atom stereocenters. The molecule has 1 aromatic carbocycles. The molecule has 0 aliphatic rings. The summed E-state index contributed by atoms with van der Waals surface area (Å²) in [4.78, 5) is 26.1. The van der Waals surface area contributed by atoms with Crippen molar-refractivity contribution in [3.8, 4) is 0 Å². The van der Waals surface area contributed by atoms with E-state index in [2.05, 4.69) is 25.6 Å². The van der Waals surface area contributed by atoms with Gasteiger partial charge in [-0.3, -0.25) is 14.5 Å². The van der Waals surface area contributed by atoms with Gasteiger partial charge in [0.05, 0.1) is 16.0 Å². The van der Waals surface area contributed by atoms with E-state index in [0.717, 1.165) is 44.6 Å². The lowest BCUT2D eigenvalue weighted by molar-refractivity contribution is -0.122. The lowest BCUT2D eigenvalue weighted by Crippen LogP contribution is -2.51. The molecule has 0 saturated heterocycles. The van der Waals surface area contributed by atoms with Crippen LogP contribution in [-0.2, 0) is 19.6 Å². The van der Waals surface area contributed by atoms with Gasteiger partial charge in [-0.05, 0) is 85.2 Å². The molecule has 0 spiro atoms. The molecule has 0 aliphatic heterocycles. The first-order valence-electron chi connectivity index (χ1n) is 13.5. The second-order valence-corrected chi connectivity index (χ2v) is 12.5. The van der Waals surface area contributed by atoms with E-state index >= 15 is 0 Å². The van der Waals surface area contributed by atoms with Gasteiger partial charge in [0.25, 0.3) is 0 Å². The van der Waals surface area contributed by atoms with Gasteiger partial charge in [0.15, 0.2) is 0 Å². The first kappa shape index (κ1) is 34.1. The Morgan fingerprint density at radius 2 is 1.29 bits per heavy atom. The Morgan fingerprint density at radius 1 is 0.789 bits per heavy atom. The minimum Gasteiger partial charge on any atom is -0.384 e. The van der Waals surface area contributed by atoms with Crippen LogP contribution in [0.5, 0.6) is 0 Å². The maximum Gasteiger partial charge on any atom is 0.240 e. The number of unbranched alkanes of at least 4 members (excludes halogenated alkanes) is 2. The first-order chi connectivity index (χ1) is 17.7. The molecule has 38 heavy (non-hydrogen) atoms. The molecule has 0 amide bonds. The van der Waals surface area contributed by atoms with E-state index < -0.39 is 21.1 Å². The van der Waals surface area contributed by atoms with Gasteiger partial charge < -0.3 is 21.7 Å². The van der Waals surface area contributed by atoms with Crippen LogP contribution in [0.25, 0.3) is 0 Å². The van der Waals surface area contributed by atoms with Crippen molar-refractivity contribution in [2.24, 2.45) is 5.73 Å². The molecule has 0 aliphatic carbocycles. The number of nitrogens with zero attached hydrogens (tertiary/aromatic N) is 1. The number of ketones is 2. The normalized spacial score (nSPS) is 12.6. The number of benzene rings is 1. The van der Waals surface area contributed by atoms with Crippen LogP contribution in [0, 0.1) is 0 Å². The lowest BCUT2D eigenvalue weighted by Gasteiger charge is -2.29. The predicted octanol–water partition coefficient (Wildman–Crippen LogP) is 1.72. The third-order valence-electron chi connectivity index (χ3n) is 6.85. The minimum absolute atomic E-state index is 0.0860. The Balaban J connectivity index is 2.64. The average Bonchev–Trinajstić information content (AvgIpc) is 2.83. The molecule has 10 nitrogen and oxygen atoms in total. The van der Waals surface area contributed by atoms with Gasteiger partial charge in [0.2, 0.25) is 10.0 Å². The zero-order valence-electron chi connectivity index (χ0n) is 24.2. The van der Waals surface area contributed by atoms with Crippen molar-refractivity contribution in [2.45, 2.75) is 76.8 Å². The van der Waals surface area contributed by atoms with E-state index in [-0.39, 0.29) is 16.5 Å². The van der Waals surface area contributed by atoms with E-state index in [1.165, 1.54) is 0 Å². The standard InChI is InChI=1S/C27H50N6O4S/c1-22(34)26(3,4)30-17-20-33(21-18-31-27(5,6)23(2)35)19-16-29-24-10-12-25(13-11-24)38(36,37)32-15-9-7-8-14-28/h10-13,29-32H,7-9,14-21,28H2,1-6H3. The molecule has 0 aromatic heterocycles. The number of sulfonamides is 1. The van der Waals surface area contributed by atoms with Crippen LogP contribution in [-0.4, -0.2) is 88.3 Å². The second-order valence-electron chi connectivity index (χ2n) is 10.8. The smallest absolute Gasteiger partial charge is 0.240 e. The van der Waals surface area contributed by atoms with Gasteiger partial charge in [0.1, 0.15) is 11.6 Å². The summed E-state index contributed by atoms with van der Waals surface area (Å²) >= 11 is 0. The van der Waals surface area contributed by atoms with E-state index in [1.807, 2.05) is 27.7 Å². The van der Waals surface area contributed by atoms with E-state index in [1.54, 1.807) is 38.1 Å². The number of anilines is 1. The number of Topliss-reactive ketones (excluding diaryl/α,β-unsaturated/α-hetero) is 2. The number of carbonyl (C=O) groups excluding carboxylic acids is 2. The second kappa shape index (κ2) is 16.3. The van der Waals surface area contributed by atoms with Crippen molar-refractivity contribution in [3.63, 3.8) is 0 Å².